The molecule has 0 fully saturated rings. The minimum Gasteiger partial charge on any atom is -0.485 e. The summed E-state index contributed by atoms with van der Waals surface area (Å²) < 4.78 is 54.9. The maximum Gasteiger partial charge on any atom is 0.418 e. The number of benzene rings is 2. The van der Waals surface area contributed by atoms with E-state index >= 15 is 0 Å². The number of esters is 1. The van der Waals surface area contributed by atoms with Crippen LogP contribution in [0.3, 0.4) is 0 Å². The standard InChI is InChI=1S/C21H17ClF3N3O5/c1-11(19(29)27-17-8-5-14(22)9-16(17)21(23,24)25)32-20(30)13-3-6-15(7-4-13)31-10-18-26-12(2)33-28-18/h3-9,11H,10H2,1-2H3,(H,27,29). The summed E-state index contributed by atoms with van der Waals surface area (Å²) in [7, 11) is 0. The van der Waals surface area contributed by atoms with E-state index in [1.165, 1.54) is 37.3 Å². The van der Waals surface area contributed by atoms with Gasteiger partial charge in [0.05, 0.1) is 16.8 Å². The molecule has 1 unspecified atom stereocenters. The zero-order valence-corrected chi connectivity index (χ0v) is 18.0. The van der Waals surface area contributed by atoms with E-state index in [9.17, 15) is 22.8 Å². The van der Waals surface area contributed by atoms with E-state index in [1.54, 1.807) is 6.92 Å². The third-order valence-corrected chi connectivity index (χ3v) is 4.46. The predicted molar refractivity (Wildman–Crippen MR) is 110 cm³/mol. The SMILES string of the molecule is Cc1nc(COc2ccc(C(=O)OC(C)C(=O)Nc3ccc(Cl)cc3C(F)(F)F)cc2)no1. The van der Waals surface area contributed by atoms with Crippen LogP contribution in [0.1, 0.15) is 34.6 Å². The Morgan fingerprint density at radius 2 is 1.88 bits per heavy atom. The molecule has 0 aliphatic heterocycles. The Labute approximate surface area is 190 Å². The topological polar surface area (TPSA) is 104 Å². The van der Waals surface area contributed by atoms with E-state index in [0.717, 1.165) is 6.07 Å². The fourth-order valence-electron chi connectivity index (χ4n) is 2.61. The van der Waals surface area contributed by atoms with Gasteiger partial charge in [-0.25, -0.2) is 4.79 Å². The molecule has 3 rings (SSSR count). The van der Waals surface area contributed by atoms with Crippen molar-refractivity contribution in [2.75, 3.05) is 5.32 Å². The van der Waals surface area contributed by atoms with Crippen LogP contribution >= 0.6 is 11.6 Å². The van der Waals surface area contributed by atoms with Crippen molar-refractivity contribution >= 4 is 29.2 Å². The molecule has 174 valence electrons. The van der Waals surface area contributed by atoms with Crippen molar-refractivity contribution in [2.24, 2.45) is 0 Å². The number of rotatable bonds is 7. The molecule has 12 heteroatoms. The third kappa shape index (κ3) is 6.45. The molecule has 8 nitrogen and oxygen atoms in total. The highest BCUT2D eigenvalue weighted by atomic mass is 35.5. The number of halogens is 4. The smallest absolute Gasteiger partial charge is 0.418 e. The van der Waals surface area contributed by atoms with Crippen molar-refractivity contribution in [3.63, 3.8) is 0 Å². The summed E-state index contributed by atoms with van der Waals surface area (Å²) in [5.41, 5.74) is -1.51. The molecule has 0 radical (unpaired) electrons. The number of aryl methyl sites for hydroxylation is 1. The summed E-state index contributed by atoms with van der Waals surface area (Å²) >= 11 is 5.62. The molecule has 33 heavy (non-hydrogen) atoms. The largest absolute Gasteiger partial charge is 0.485 e. The molecular weight excluding hydrogens is 467 g/mol. The summed E-state index contributed by atoms with van der Waals surface area (Å²) in [5, 5.41) is 5.66. The Bertz CT molecular complexity index is 1150. The Kier molecular flexibility index (Phi) is 7.22. The number of ether oxygens (including phenoxy) is 2. The number of hydrogen-bond donors (Lipinski definition) is 1. The predicted octanol–water partition coefficient (Wildman–Crippen LogP) is 4.81. The van der Waals surface area contributed by atoms with E-state index < -0.39 is 35.4 Å². The van der Waals surface area contributed by atoms with Crippen LogP contribution in [0, 0.1) is 6.92 Å². The lowest BCUT2D eigenvalue weighted by molar-refractivity contribution is -0.137. The highest BCUT2D eigenvalue weighted by Crippen LogP contribution is 2.36. The van der Waals surface area contributed by atoms with Crippen molar-refractivity contribution in [3.05, 3.63) is 70.3 Å². The van der Waals surface area contributed by atoms with Crippen LogP contribution in [-0.2, 0) is 22.3 Å². The van der Waals surface area contributed by atoms with Gasteiger partial charge in [0, 0.05) is 11.9 Å². The normalized spacial score (nSPS) is 12.2. The van der Waals surface area contributed by atoms with E-state index in [4.69, 9.17) is 25.6 Å². The van der Waals surface area contributed by atoms with Crippen molar-refractivity contribution in [1.29, 1.82) is 0 Å². The average molecular weight is 484 g/mol. The van der Waals surface area contributed by atoms with Gasteiger partial charge in [-0.2, -0.15) is 18.2 Å². The van der Waals surface area contributed by atoms with Gasteiger partial charge in [0.25, 0.3) is 5.91 Å². The highest BCUT2D eigenvalue weighted by molar-refractivity contribution is 6.30. The number of alkyl halides is 3. The lowest BCUT2D eigenvalue weighted by Gasteiger charge is -2.17. The van der Waals surface area contributed by atoms with Crippen LogP contribution in [0.2, 0.25) is 5.02 Å². The van der Waals surface area contributed by atoms with Crippen LogP contribution in [0.25, 0.3) is 0 Å². The average Bonchev–Trinajstić information content (AvgIpc) is 3.18. The van der Waals surface area contributed by atoms with Gasteiger partial charge in [0.15, 0.2) is 12.7 Å². The lowest BCUT2D eigenvalue weighted by atomic mass is 10.1. The summed E-state index contributed by atoms with van der Waals surface area (Å²) in [4.78, 5) is 28.6. The quantitative estimate of drug-likeness (QED) is 0.481. The number of nitrogens with one attached hydrogen (secondary N) is 1. The van der Waals surface area contributed by atoms with Gasteiger partial charge in [0.2, 0.25) is 11.7 Å². The molecular formula is C21H17ClF3N3O5. The van der Waals surface area contributed by atoms with Crippen LogP contribution in [-0.4, -0.2) is 28.1 Å². The Hall–Kier alpha value is -3.60. The highest BCUT2D eigenvalue weighted by Gasteiger charge is 2.34. The van der Waals surface area contributed by atoms with Gasteiger partial charge in [-0.1, -0.05) is 16.8 Å². The number of nitrogens with zero attached hydrogens (tertiary/aromatic N) is 2. The summed E-state index contributed by atoms with van der Waals surface area (Å²) in [6.07, 6.45) is -6.11. The molecule has 2 aromatic carbocycles. The zero-order valence-electron chi connectivity index (χ0n) is 17.3. The molecule has 1 N–H and O–H groups in total. The van der Waals surface area contributed by atoms with Crippen molar-refractivity contribution in [2.45, 2.75) is 32.7 Å². The number of anilines is 1. The number of carbonyl (C=O) groups excluding carboxylic acids is 2. The maximum absolute atomic E-state index is 13.2. The minimum absolute atomic E-state index is 0.0585. The van der Waals surface area contributed by atoms with Gasteiger partial charge in [-0.3, -0.25) is 4.79 Å². The van der Waals surface area contributed by atoms with E-state index in [2.05, 4.69) is 15.5 Å². The summed E-state index contributed by atoms with van der Waals surface area (Å²) in [6, 6.07) is 8.72. The molecule has 0 bridgehead atoms. The molecule has 0 saturated heterocycles. The van der Waals surface area contributed by atoms with Crippen molar-refractivity contribution < 1.29 is 36.8 Å². The van der Waals surface area contributed by atoms with Crippen molar-refractivity contribution in [3.8, 4) is 5.75 Å². The van der Waals surface area contributed by atoms with Crippen LogP contribution in [0.15, 0.2) is 47.0 Å². The van der Waals surface area contributed by atoms with Gasteiger partial charge < -0.3 is 19.3 Å². The Balaban J connectivity index is 1.58. The monoisotopic (exact) mass is 483 g/mol. The van der Waals surface area contributed by atoms with Gasteiger partial charge in [-0.15, -0.1) is 0 Å². The fourth-order valence-corrected chi connectivity index (χ4v) is 2.78. The van der Waals surface area contributed by atoms with Gasteiger partial charge in [0.1, 0.15) is 5.75 Å². The second-order valence-electron chi connectivity index (χ2n) is 6.77. The lowest BCUT2D eigenvalue weighted by Crippen LogP contribution is -2.30. The molecule has 3 aromatic rings. The first-order valence-electron chi connectivity index (χ1n) is 9.43. The second kappa shape index (κ2) is 9.90. The molecule has 1 amide bonds. The first kappa shape index (κ1) is 24.1. The van der Waals surface area contributed by atoms with Crippen LogP contribution < -0.4 is 10.1 Å². The van der Waals surface area contributed by atoms with Gasteiger partial charge in [-0.05, 0) is 49.4 Å². The summed E-state index contributed by atoms with van der Waals surface area (Å²) in [6.45, 7) is 2.94. The Morgan fingerprint density at radius 3 is 2.48 bits per heavy atom. The van der Waals surface area contributed by atoms with Crippen LogP contribution in [0.4, 0.5) is 18.9 Å². The minimum atomic E-state index is -4.74. The number of amides is 1. The number of hydrogen-bond acceptors (Lipinski definition) is 7. The molecule has 0 aliphatic rings. The third-order valence-electron chi connectivity index (χ3n) is 4.23. The molecule has 1 aromatic heterocycles. The van der Waals surface area contributed by atoms with Crippen molar-refractivity contribution in [1.82, 2.24) is 10.1 Å². The van der Waals surface area contributed by atoms with Crippen LogP contribution in [0.5, 0.6) is 5.75 Å². The first-order chi connectivity index (χ1) is 15.5. The van der Waals surface area contributed by atoms with E-state index in [1.807, 2.05) is 0 Å². The zero-order chi connectivity index (χ0) is 24.2. The molecule has 1 heterocycles. The number of aromatic nitrogens is 2. The summed E-state index contributed by atoms with van der Waals surface area (Å²) in [5.74, 6) is -0.611. The van der Waals surface area contributed by atoms with Gasteiger partial charge >= 0.3 is 12.1 Å². The molecule has 0 spiro atoms. The number of carbonyl (C=O) groups is 2. The fraction of sp³-hybridized carbons (Fsp3) is 0.238. The maximum atomic E-state index is 13.2. The molecule has 0 aliphatic carbocycles. The van der Waals surface area contributed by atoms with E-state index in [0.29, 0.717) is 23.5 Å². The second-order valence-corrected chi connectivity index (χ2v) is 7.20. The molecule has 0 saturated carbocycles. The molecule has 1 atom stereocenters. The first-order valence-corrected chi connectivity index (χ1v) is 9.81. The Morgan fingerprint density at radius 1 is 1.18 bits per heavy atom. The van der Waals surface area contributed by atoms with E-state index in [-0.39, 0.29) is 17.2 Å².